The highest BCUT2D eigenvalue weighted by Crippen LogP contribution is 2.35. The average Bonchev–Trinajstić information content (AvgIpc) is 3.45. The second kappa shape index (κ2) is 9.23. The molecule has 3 aromatic rings. The van der Waals surface area contributed by atoms with Gasteiger partial charge in [0.25, 0.3) is 0 Å². The molecular formula is C25H34N8O. The third-order valence-corrected chi connectivity index (χ3v) is 7.18. The molecule has 5 rings (SSSR count). The zero-order valence-corrected chi connectivity index (χ0v) is 19.7. The first-order chi connectivity index (χ1) is 16.5. The Labute approximate surface area is 199 Å². The van der Waals surface area contributed by atoms with E-state index in [4.69, 9.17) is 27.3 Å². The Kier molecular flexibility index (Phi) is 6.14. The number of fused-ring (bicyclic) bond motifs is 1. The number of amides is 1. The summed E-state index contributed by atoms with van der Waals surface area (Å²) in [4.78, 5) is 22.8. The van der Waals surface area contributed by atoms with Crippen LogP contribution in [0.5, 0.6) is 0 Å². The molecule has 34 heavy (non-hydrogen) atoms. The van der Waals surface area contributed by atoms with Gasteiger partial charge in [-0.3, -0.25) is 4.79 Å². The van der Waals surface area contributed by atoms with Gasteiger partial charge in [-0.25, -0.2) is 9.50 Å². The molecule has 4 heterocycles. The molecule has 2 aliphatic rings. The summed E-state index contributed by atoms with van der Waals surface area (Å²) in [6, 6.07) is 9.59. The van der Waals surface area contributed by atoms with Crippen LogP contribution in [0.15, 0.2) is 36.5 Å². The SMILES string of the molecule is Cc1cn2nc([C@@H]3CCCCN3C(=O)C(CN)c3ccccc3N)cc2nc1N1CC[C@H](N)C1. The van der Waals surface area contributed by atoms with E-state index in [2.05, 4.69) is 11.8 Å². The summed E-state index contributed by atoms with van der Waals surface area (Å²) >= 11 is 0. The monoisotopic (exact) mass is 462 g/mol. The topological polar surface area (TPSA) is 132 Å². The van der Waals surface area contributed by atoms with E-state index in [9.17, 15) is 4.79 Å². The lowest BCUT2D eigenvalue weighted by atomic mass is 9.92. The molecule has 0 saturated carbocycles. The number of anilines is 2. The fourth-order valence-electron chi connectivity index (χ4n) is 5.37. The van der Waals surface area contributed by atoms with Gasteiger partial charge >= 0.3 is 0 Å². The molecule has 9 nitrogen and oxygen atoms in total. The fourth-order valence-corrected chi connectivity index (χ4v) is 5.37. The van der Waals surface area contributed by atoms with Crippen LogP contribution in [-0.4, -0.2) is 57.6 Å². The molecule has 2 aromatic heterocycles. The predicted octanol–water partition coefficient (Wildman–Crippen LogP) is 1.95. The molecule has 1 unspecified atom stereocenters. The maximum Gasteiger partial charge on any atom is 0.232 e. The Balaban J connectivity index is 1.46. The van der Waals surface area contributed by atoms with Crippen LogP contribution < -0.4 is 22.1 Å². The first kappa shape index (κ1) is 22.6. The lowest BCUT2D eigenvalue weighted by Gasteiger charge is -2.37. The number of benzene rings is 1. The van der Waals surface area contributed by atoms with E-state index >= 15 is 0 Å². The summed E-state index contributed by atoms with van der Waals surface area (Å²) in [6.07, 6.45) is 5.88. The summed E-state index contributed by atoms with van der Waals surface area (Å²) < 4.78 is 1.83. The van der Waals surface area contributed by atoms with Crippen LogP contribution in [-0.2, 0) is 4.79 Å². The van der Waals surface area contributed by atoms with Gasteiger partial charge in [0.1, 0.15) is 5.82 Å². The van der Waals surface area contributed by atoms with E-state index in [0.717, 1.165) is 67.1 Å². The van der Waals surface area contributed by atoms with Gasteiger partial charge in [0.05, 0.1) is 17.7 Å². The average molecular weight is 463 g/mol. The number of aryl methyl sites for hydroxylation is 1. The van der Waals surface area contributed by atoms with Crippen molar-refractivity contribution in [2.75, 3.05) is 36.8 Å². The summed E-state index contributed by atoms with van der Waals surface area (Å²) in [5, 5.41) is 4.85. The van der Waals surface area contributed by atoms with Crippen LogP contribution in [0.3, 0.4) is 0 Å². The lowest BCUT2D eigenvalue weighted by Crippen LogP contribution is -2.43. The van der Waals surface area contributed by atoms with E-state index in [0.29, 0.717) is 12.2 Å². The smallest absolute Gasteiger partial charge is 0.232 e. The molecule has 180 valence electrons. The number of nitrogens with zero attached hydrogens (tertiary/aromatic N) is 5. The molecule has 2 aliphatic heterocycles. The number of rotatable bonds is 5. The van der Waals surface area contributed by atoms with Crippen LogP contribution in [0.4, 0.5) is 11.5 Å². The van der Waals surface area contributed by atoms with E-state index in [1.165, 1.54) is 0 Å². The van der Waals surface area contributed by atoms with Gasteiger partial charge < -0.3 is 27.0 Å². The number of nitrogen functional groups attached to an aromatic ring is 1. The van der Waals surface area contributed by atoms with Gasteiger partial charge in [0.2, 0.25) is 5.91 Å². The molecule has 1 amide bonds. The van der Waals surface area contributed by atoms with Crippen molar-refractivity contribution < 1.29 is 4.79 Å². The number of carbonyl (C=O) groups is 1. The van der Waals surface area contributed by atoms with Crippen molar-refractivity contribution in [1.29, 1.82) is 0 Å². The Morgan fingerprint density at radius 1 is 1.21 bits per heavy atom. The fraction of sp³-hybridized carbons (Fsp3) is 0.480. The van der Waals surface area contributed by atoms with Gasteiger partial charge in [0.15, 0.2) is 5.65 Å². The minimum atomic E-state index is -0.467. The Morgan fingerprint density at radius 3 is 2.76 bits per heavy atom. The molecule has 0 spiro atoms. The van der Waals surface area contributed by atoms with Crippen LogP contribution in [0.2, 0.25) is 0 Å². The van der Waals surface area contributed by atoms with Crippen LogP contribution >= 0.6 is 0 Å². The summed E-state index contributed by atoms with van der Waals surface area (Å²) in [5.74, 6) is 0.509. The Hall–Kier alpha value is -3.17. The standard InChI is InChI=1S/C25H34N8O/c1-16-14-33-23(29-24(16)31-11-9-17(27)15-31)12-21(30-33)22-8-4-5-10-32(22)25(34)19(13-26)18-6-2-3-7-20(18)28/h2-3,6-7,12,14,17,19,22H,4-5,8-11,13,15,26-28H2,1H3/t17-,19?,22-/m0/s1. The zero-order chi connectivity index (χ0) is 23.8. The molecule has 2 saturated heterocycles. The molecule has 3 atom stereocenters. The van der Waals surface area contributed by atoms with E-state index in [1.54, 1.807) is 0 Å². The molecule has 0 radical (unpaired) electrons. The highest BCUT2D eigenvalue weighted by Gasteiger charge is 2.35. The van der Waals surface area contributed by atoms with Crippen LogP contribution in [0.1, 0.15) is 54.5 Å². The number of aromatic nitrogens is 3. The third kappa shape index (κ3) is 4.10. The summed E-state index contributed by atoms with van der Waals surface area (Å²) in [7, 11) is 0. The van der Waals surface area contributed by atoms with E-state index < -0.39 is 5.92 Å². The molecule has 2 fully saturated rings. The first-order valence-electron chi connectivity index (χ1n) is 12.2. The second-order valence-corrected chi connectivity index (χ2v) is 9.57. The number of carbonyl (C=O) groups excluding carboxylic acids is 1. The normalized spacial score (nSPS) is 21.9. The minimum Gasteiger partial charge on any atom is -0.398 e. The van der Waals surface area contributed by atoms with Gasteiger partial charge in [-0.1, -0.05) is 18.2 Å². The van der Waals surface area contributed by atoms with Crippen molar-refractivity contribution >= 4 is 23.1 Å². The number of hydrogen-bond donors (Lipinski definition) is 3. The number of nitrogens with two attached hydrogens (primary N) is 3. The predicted molar refractivity (Wildman–Crippen MR) is 133 cm³/mol. The zero-order valence-electron chi connectivity index (χ0n) is 19.7. The number of para-hydroxylation sites is 1. The molecule has 9 heteroatoms. The molecule has 0 aliphatic carbocycles. The summed E-state index contributed by atoms with van der Waals surface area (Å²) in [6.45, 7) is 4.69. The number of piperidine rings is 1. The maximum absolute atomic E-state index is 13.7. The quantitative estimate of drug-likeness (QED) is 0.494. The molecular weight excluding hydrogens is 428 g/mol. The van der Waals surface area contributed by atoms with Gasteiger partial charge in [-0.15, -0.1) is 0 Å². The highest BCUT2D eigenvalue weighted by atomic mass is 16.2. The van der Waals surface area contributed by atoms with E-state index in [-0.39, 0.29) is 24.5 Å². The van der Waals surface area contributed by atoms with Crippen molar-refractivity contribution in [2.24, 2.45) is 11.5 Å². The van der Waals surface area contributed by atoms with Crippen molar-refractivity contribution in [3.63, 3.8) is 0 Å². The highest BCUT2D eigenvalue weighted by molar-refractivity contribution is 5.86. The Morgan fingerprint density at radius 2 is 2.03 bits per heavy atom. The van der Waals surface area contributed by atoms with Gasteiger partial charge in [0, 0.05) is 55.7 Å². The van der Waals surface area contributed by atoms with Crippen molar-refractivity contribution in [3.05, 3.63) is 53.3 Å². The first-order valence-corrected chi connectivity index (χ1v) is 12.2. The number of hydrogen-bond acceptors (Lipinski definition) is 7. The minimum absolute atomic E-state index is 0.0121. The lowest BCUT2D eigenvalue weighted by molar-refractivity contribution is -0.136. The van der Waals surface area contributed by atoms with Crippen molar-refractivity contribution in [2.45, 2.75) is 50.6 Å². The summed E-state index contributed by atoms with van der Waals surface area (Å²) in [5.41, 5.74) is 22.5. The Bertz CT molecular complexity index is 1190. The van der Waals surface area contributed by atoms with Crippen LogP contribution in [0, 0.1) is 6.92 Å². The second-order valence-electron chi connectivity index (χ2n) is 9.57. The van der Waals surface area contributed by atoms with Gasteiger partial charge in [-0.2, -0.15) is 5.10 Å². The molecule has 1 aromatic carbocycles. The number of likely N-dealkylation sites (tertiary alicyclic amines) is 1. The largest absolute Gasteiger partial charge is 0.398 e. The maximum atomic E-state index is 13.7. The molecule has 0 bridgehead atoms. The van der Waals surface area contributed by atoms with Crippen LogP contribution in [0.25, 0.3) is 5.65 Å². The van der Waals surface area contributed by atoms with Gasteiger partial charge in [-0.05, 0) is 44.2 Å². The van der Waals surface area contributed by atoms with Crippen molar-refractivity contribution in [3.8, 4) is 0 Å². The third-order valence-electron chi connectivity index (χ3n) is 7.18. The molecule has 6 N–H and O–H groups in total. The van der Waals surface area contributed by atoms with Crippen molar-refractivity contribution in [1.82, 2.24) is 19.5 Å². The van der Waals surface area contributed by atoms with E-state index in [1.807, 2.05) is 45.9 Å².